The van der Waals surface area contributed by atoms with Crippen LogP contribution < -0.4 is 4.90 Å². The molecule has 0 radical (unpaired) electrons. The van der Waals surface area contributed by atoms with E-state index in [2.05, 4.69) is 70.5 Å². The van der Waals surface area contributed by atoms with Gasteiger partial charge in [0.15, 0.2) is 0 Å². The van der Waals surface area contributed by atoms with Crippen LogP contribution in [-0.4, -0.2) is 43.3 Å². The van der Waals surface area contributed by atoms with E-state index in [1.807, 2.05) is 0 Å². The van der Waals surface area contributed by atoms with Crippen LogP contribution in [0.25, 0.3) is 5.57 Å². The second-order valence-electron chi connectivity index (χ2n) is 8.00. The standard InChI is InChI=1S/C24H28N2O/c1-2-4-19(5-3-1)18-26-23-10-11-24(26)17-21(16-23)20-6-8-22(9-7-20)25-12-14-27-15-13-25/h1-9,16,23-24H,10-15,17-18H2. The van der Waals surface area contributed by atoms with E-state index < -0.39 is 0 Å². The molecule has 3 heteroatoms. The van der Waals surface area contributed by atoms with Crippen LogP contribution in [0.4, 0.5) is 5.69 Å². The first-order valence-corrected chi connectivity index (χ1v) is 10.3. The first-order chi connectivity index (χ1) is 13.4. The molecule has 0 aromatic heterocycles. The maximum Gasteiger partial charge on any atom is 0.0642 e. The number of morpholine rings is 1. The number of rotatable bonds is 4. The molecule has 0 N–H and O–H groups in total. The number of ether oxygens (including phenoxy) is 1. The fraction of sp³-hybridized carbons (Fsp3) is 0.417. The Bertz CT molecular complexity index is 793. The van der Waals surface area contributed by atoms with Crippen molar-refractivity contribution < 1.29 is 4.74 Å². The van der Waals surface area contributed by atoms with Gasteiger partial charge in [0, 0.05) is 37.4 Å². The summed E-state index contributed by atoms with van der Waals surface area (Å²) in [6, 6.07) is 21.4. The van der Waals surface area contributed by atoms with Gasteiger partial charge in [0.1, 0.15) is 0 Å². The van der Waals surface area contributed by atoms with E-state index in [9.17, 15) is 0 Å². The predicted molar refractivity (Wildman–Crippen MR) is 111 cm³/mol. The molecule has 140 valence electrons. The topological polar surface area (TPSA) is 15.7 Å². The molecule has 3 aliphatic rings. The molecular weight excluding hydrogens is 332 g/mol. The van der Waals surface area contributed by atoms with E-state index in [4.69, 9.17) is 4.74 Å². The molecule has 27 heavy (non-hydrogen) atoms. The summed E-state index contributed by atoms with van der Waals surface area (Å²) in [5.41, 5.74) is 5.71. The van der Waals surface area contributed by atoms with Gasteiger partial charge in [-0.3, -0.25) is 4.90 Å². The van der Waals surface area contributed by atoms with Crippen molar-refractivity contribution in [2.24, 2.45) is 0 Å². The van der Waals surface area contributed by atoms with Crippen molar-refractivity contribution >= 4 is 11.3 Å². The highest BCUT2D eigenvalue weighted by molar-refractivity contribution is 5.69. The van der Waals surface area contributed by atoms with Gasteiger partial charge in [-0.1, -0.05) is 48.5 Å². The third kappa shape index (κ3) is 3.54. The highest BCUT2D eigenvalue weighted by Crippen LogP contribution is 2.39. The van der Waals surface area contributed by atoms with Gasteiger partial charge in [-0.2, -0.15) is 0 Å². The Morgan fingerprint density at radius 2 is 1.67 bits per heavy atom. The SMILES string of the molecule is C1=C(c2ccc(N3CCOCC3)cc2)CC2CCC1N2Cc1ccccc1. The summed E-state index contributed by atoms with van der Waals surface area (Å²) in [6.45, 7) is 4.76. The van der Waals surface area contributed by atoms with Gasteiger partial charge < -0.3 is 9.64 Å². The number of hydrogen-bond donors (Lipinski definition) is 0. The van der Waals surface area contributed by atoms with E-state index in [1.54, 1.807) is 5.57 Å². The second kappa shape index (κ2) is 7.49. The van der Waals surface area contributed by atoms with Crippen LogP contribution in [0.1, 0.15) is 30.4 Å². The third-order valence-electron chi connectivity index (χ3n) is 6.36. The molecule has 0 aliphatic carbocycles. The lowest BCUT2D eigenvalue weighted by atomic mass is 9.94. The number of hydrogen-bond acceptors (Lipinski definition) is 3. The Morgan fingerprint density at radius 1 is 0.889 bits per heavy atom. The van der Waals surface area contributed by atoms with Gasteiger partial charge in [0.25, 0.3) is 0 Å². The van der Waals surface area contributed by atoms with Crippen LogP contribution in [0.15, 0.2) is 60.7 Å². The maximum atomic E-state index is 5.47. The van der Waals surface area contributed by atoms with Crippen LogP contribution >= 0.6 is 0 Å². The number of fused-ring (bicyclic) bond motifs is 2. The Labute approximate surface area is 162 Å². The Kier molecular flexibility index (Phi) is 4.73. The molecule has 3 heterocycles. The molecule has 2 bridgehead atoms. The van der Waals surface area contributed by atoms with Crippen LogP contribution in [0.2, 0.25) is 0 Å². The van der Waals surface area contributed by atoms with Crippen molar-refractivity contribution in [2.45, 2.75) is 37.9 Å². The first-order valence-electron chi connectivity index (χ1n) is 10.3. The molecule has 2 fully saturated rings. The molecule has 2 aromatic carbocycles. The van der Waals surface area contributed by atoms with Crippen molar-refractivity contribution in [3.8, 4) is 0 Å². The van der Waals surface area contributed by atoms with Gasteiger partial charge in [0.05, 0.1) is 13.2 Å². The predicted octanol–water partition coefficient (Wildman–Crippen LogP) is 4.34. The quantitative estimate of drug-likeness (QED) is 0.806. The van der Waals surface area contributed by atoms with E-state index in [0.29, 0.717) is 12.1 Å². The first kappa shape index (κ1) is 17.0. The monoisotopic (exact) mass is 360 g/mol. The number of nitrogens with zero attached hydrogens (tertiary/aromatic N) is 2. The summed E-state index contributed by atoms with van der Waals surface area (Å²) < 4.78 is 5.47. The van der Waals surface area contributed by atoms with Crippen LogP contribution in [-0.2, 0) is 11.3 Å². The molecule has 3 aliphatic heterocycles. The lowest BCUT2D eigenvalue weighted by Crippen LogP contribution is -2.37. The number of anilines is 1. The molecule has 2 aromatic rings. The highest BCUT2D eigenvalue weighted by Gasteiger charge is 2.36. The minimum atomic E-state index is 0.595. The zero-order valence-corrected chi connectivity index (χ0v) is 15.9. The Hall–Kier alpha value is -2.10. The summed E-state index contributed by atoms with van der Waals surface area (Å²) in [6.07, 6.45) is 6.34. The van der Waals surface area contributed by atoms with Crippen molar-refractivity contribution in [1.29, 1.82) is 0 Å². The highest BCUT2D eigenvalue weighted by atomic mass is 16.5. The van der Waals surface area contributed by atoms with Gasteiger partial charge in [0.2, 0.25) is 0 Å². The van der Waals surface area contributed by atoms with Crippen molar-refractivity contribution in [3.05, 3.63) is 71.8 Å². The normalized spacial score (nSPS) is 25.5. The largest absolute Gasteiger partial charge is 0.378 e. The molecule has 0 amide bonds. The van der Waals surface area contributed by atoms with E-state index >= 15 is 0 Å². The van der Waals surface area contributed by atoms with Gasteiger partial charge in [-0.05, 0) is 48.1 Å². The molecule has 5 rings (SSSR count). The lowest BCUT2D eigenvalue weighted by molar-refractivity contribution is 0.122. The van der Waals surface area contributed by atoms with Crippen LogP contribution in [0, 0.1) is 0 Å². The molecular formula is C24H28N2O. The average molecular weight is 361 g/mol. The molecule has 2 saturated heterocycles. The third-order valence-corrected chi connectivity index (χ3v) is 6.36. The average Bonchev–Trinajstić information content (AvgIpc) is 2.97. The summed E-state index contributed by atoms with van der Waals surface area (Å²) in [5, 5.41) is 0. The zero-order valence-electron chi connectivity index (χ0n) is 15.9. The van der Waals surface area contributed by atoms with Crippen LogP contribution in [0.3, 0.4) is 0 Å². The summed E-state index contributed by atoms with van der Waals surface area (Å²) in [4.78, 5) is 5.13. The van der Waals surface area contributed by atoms with Crippen LogP contribution in [0.5, 0.6) is 0 Å². The molecule has 2 atom stereocenters. The summed E-state index contributed by atoms with van der Waals surface area (Å²) in [5.74, 6) is 0. The molecule has 0 spiro atoms. The Balaban J connectivity index is 1.31. The van der Waals surface area contributed by atoms with Gasteiger partial charge >= 0.3 is 0 Å². The second-order valence-corrected chi connectivity index (χ2v) is 8.00. The fourth-order valence-corrected chi connectivity index (χ4v) is 4.88. The van der Waals surface area contributed by atoms with Crippen molar-refractivity contribution in [1.82, 2.24) is 4.90 Å². The van der Waals surface area contributed by atoms with E-state index in [0.717, 1.165) is 32.8 Å². The molecule has 2 unspecified atom stereocenters. The van der Waals surface area contributed by atoms with Crippen molar-refractivity contribution in [3.63, 3.8) is 0 Å². The number of benzene rings is 2. The zero-order chi connectivity index (χ0) is 18.1. The summed E-state index contributed by atoms with van der Waals surface area (Å²) >= 11 is 0. The minimum absolute atomic E-state index is 0.595. The maximum absolute atomic E-state index is 5.47. The smallest absolute Gasteiger partial charge is 0.0642 e. The fourth-order valence-electron chi connectivity index (χ4n) is 4.88. The van der Waals surface area contributed by atoms with Crippen molar-refractivity contribution in [2.75, 3.05) is 31.2 Å². The van der Waals surface area contributed by atoms with Gasteiger partial charge in [-0.25, -0.2) is 0 Å². The molecule has 0 saturated carbocycles. The summed E-state index contributed by atoms with van der Waals surface area (Å²) in [7, 11) is 0. The van der Waals surface area contributed by atoms with Gasteiger partial charge in [-0.15, -0.1) is 0 Å². The van der Waals surface area contributed by atoms with E-state index in [1.165, 1.54) is 36.1 Å². The van der Waals surface area contributed by atoms with E-state index in [-0.39, 0.29) is 0 Å². The Morgan fingerprint density at radius 3 is 2.41 bits per heavy atom. The lowest BCUT2D eigenvalue weighted by Gasteiger charge is -2.34. The minimum Gasteiger partial charge on any atom is -0.378 e. The molecule has 3 nitrogen and oxygen atoms in total.